The average molecular weight is 434 g/mol. The van der Waals surface area contributed by atoms with Crippen molar-refractivity contribution >= 4 is 29.0 Å². The second-order valence-corrected chi connectivity index (χ2v) is 7.79. The highest BCUT2D eigenvalue weighted by molar-refractivity contribution is 6.02. The Kier molecular flexibility index (Phi) is 7.96. The first-order chi connectivity index (χ1) is 15.5. The monoisotopic (exact) mass is 433 g/mol. The zero-order chi connectivity index (χ0) is 22.9. The molecular formula is C24H31N7O. The maximum absolute atomic E-state index is 13.2. The summed E-state index contributed by atoms with van der Waals surface area (Å²) in [6, 6.07) is 11.4. The van der Waals surface area contributed by atoms with Crippen LogP contribution in [-0.2, 0) is 0 Å². The number of pyridine rings is 1. The molecule has 2 aromatic heterocycles. The van der Waals surface area contributed by atoms with E-state index in [0.717, 1.165) is 42.6 Å². The third-order valence-corrected chi connectivity index (χ3v) is 5.10. The molecule has 0 saturated carbocycles. The molecule has 8 heteroatoms. The first kappa shape index (κ1) is 23.0. The maximum Gasteiger partial charge on any atom is 0.328 e. The highest BCUT2D eigenvalue weighted by Crippen LogP contribution is 2.29. The van der Waals surface area contributed by atoms with Gasteiger partial charge in [0.05, 0.1) is 17.6 Å². The van der Waals surface area contributed by atoms with Crippen LogP contribution in [0.25, 0.3) is 11.3 Å². The van der Waals surface area contributed by atoms with Crippen LogP contribution >= 0.6 is 0 Å². The molecule has 0 fully saturated rings. The van der Waals surface area contributed by atoms with Crippen LogP contribution in [0.2, 0.25) is 0 Å². The van der Waals surface area contributed by atoms with Crippen LogP contribution in [0.5, 0.6) is 0 Å². The Hall–Kier alpha value is -3.68. The van der Waals surface area contributed by atoms with Crippen LogP contribution in [0.3, 0.4) is 0 Å². The molecule has 1 aromatic carbocycles. The summed E-state index contributed by atoms with van der Waals surface area (Å²) in [5, 5.41) is 2.80. The molecule has 3 aromatic rings. The number of unbranched alkanes of at least 4 members (excludes halogenated alkanes) is 3. The molecule has 0 aliphatic heterocycles. The molecule has 0 spiro atoms. The number of urea groups is 1. The fourth-order valence-electron chi connectivity index (χ4n) is 3.32. The fraction of sp³-hybridized carbons (Fsp3) is 0.333. The number of nitrogens with two attached hydrogens (primary N) is 1. The van der Waals surface area contributed by atoms with E-state index < -0.39 is 0 Å². The predicted octanol–water partition coefficient (Wildman–Crippen LogP) is 4.81. The fourth-order valence-corrected chi connectivity index (χ4v) is 3.32. The van der Waals surface area contributed by atoms with E-state index in [9.17, 15) is 4.79 Å². The molecule has 2 heterocycles. The maximum atomic E-state index is 13.2. The third kappa shape index (κ3) is 5.94. The van der Waals surface area contributed by atoms with Gasteiger partial charge in [-0.1, -0.05) is 38.3 Å². The van der Waals surface area contributed by atoms with Crippen LogP contribution in [0.15, 0.2) is 55.0 Å². The van der Waals surface area contributed by atoms with Crippen LogP contribution < -0.4 is 20.9 Å². The Balaban J connectivity index is 1.93. The lowest BCUT2D eigenvalue weighted by molar-refractivity contribution is 0.256. The minimum Gasteiger partial charge on any atom is -0.396 e. The van der Waals surface area contributed by atoms with Crippen LogP contribution in [0.1, 0.15) is 32.6 Å². The Morgan fingerprint density at radius 3 is 2.66 bits per heavy atom. The van der Waals surface area contributed by atoms with E-state index >= 15 is 0 Å². The summed E-state index contributed by atoms with van der Waals surface area (Å²) in [5.74, 6) is 0.820. The molecular weight excluding hydrogens is 402 g/mol. The molecule has 0 unspecified atom stereocenters. The van der Waals surface area contributed by atoms with Gasteiger partial charge in [0.25, 0.3) is 0 Å². The van der Waals surface area contributed by atoms with Gasteiger partial charge >= 0.3 is 6.03 Å². The zero-order valence-electron chi connectivity index (χ0n) is 19.0. The number of hydrogen-bond acceptors (Lipinski definition) is 6. The van der Waals surface area contributed by atoms with Crippen molar-refractivity contribution in [1.82, 2.24) is 15.0 Å². The number of benzene rings is 1. The first-order valence-electron chi connectivity index (χ1n) is 10.9. The summed E-state index contributed by atoms with van der Waals surface area (Å²) >= 11 is 0. The minimum atomic E-state index is -0.333. The molecule has 32 heavy (non-hydrogen) atoms. The van der Waals surface area contributed by atoms with E-state index in [-0.39, 0.29) is 6.03 Å². The van der Waals surface area contributed by atoms with Gasteiger partial charge in [-0.2, -0.15) is 0 Å². The lowest BCUT2D eigenvalue weighted by atomic mass is 10.1. The van der Waals surface area contributed by atoms with Gasteiger partial charge in [0.15, 0.2) is 11.6 Å². The number of nitrogens with zero attached hydrogens (tertiary/aromatic N) is 5. The van der Waals surface area contributed by atoms with E-state index in [1.54, 1.807) is 17.2 Å². The summed E-state index contributed by atoms with van der Waals surface area (Å²) in [7, 11) is 3.99. The van der Waals surface area contributed by atoms with Crippen LogP contribution in [0, 0.1) is 0 Å². The summed E-state index contributed by atoms with van der Waals surface area (Å²) in [6.07, 6.45) is 8.70. The Morgan fingerprint density at radius 1 is 1.09 bits per heavy atom. The van der Waals surface area contributed by atoms with Gasteiger partial charge in [0.1, 0.15) is 0 Å². The first-order valence-corrected chi connectivity index (χ1v) is 10.9. The van der Waals surface area contributed by atoms with E-state index in [1.807, 2.05) is 43.3 Å². The molecule has 0 bridgehead atoms. The molecule has 2 amide bonds. The van der Waals surface area contributed by atoms with Crippen molar-refractivity contribution in [3.8, 4) is 11.3 Å². The van der Waals surface area contributed by atoms with Crippen molar-refractivity contribution in [3.63, 3.8) is 0 Å². The summed E-state index contributed by atoms with van der Waals surface area (Å²) < 4.78 is 0. The number of carbonyl (C=O) groups excluding carboxylic acids is 1. The Bertz CT molecular complexity index is 1020. The SMILES string of the molecule is CCCCCCN(C(=O)Nc1cnccn1)c1nc(-c2cccc(N(C)C)c2)ccc1N. The second kappa shape index (κ2) is 11.1. The van der Waals surface area contributed by atoms with Crippen LogP contribution in [0.4, 0.5) is 27.8 Å². The summed E-state index contributed by atoms with van der Waals surface area (Å²) in [6.45, 7) is 2.66. The number of nitrogens with one attached hydrogen (secondary N) is 1. The highest BCUT2D eigenvalue weighted by atomic mass is 16.2. The van der Waals surface area contributed by atoms with Crippen molar-refractivity contribution in [2.75, 3.05) is 41.5 Å². The largest absolute Gasteiger partial charge is 0.396 e. The predicted molar refractivity (Wildman–Crippen MR) is 131 cm³/mol. The van der Waals surface area contributed by atoms with Gasteiger partial charge in [0, 0.05) is 44.3 Å². The number of amides is 2. The molecule has 0 aliphatic rings. The van der Waals surface area contributed by atoms with Gasteiger partial charge < -0.3 is 10.6 Å². The van der Waals surface area contributed by atoms with Crippen LogP contribution in [-0.4, -0.2) is 41.6 Å². The van der Waals surface area contributed by atoms with Gasteiger partial charge in [-0.25, -0.2) is 14.8 Å². The van der Waals surface area contributed by atoms with Gasteiger partial charge in [-0.05, 0) is 30.7 Å². The van der Waals surface area contributed by atoms with Gasteiger partial charge in [-0.3, -0.25) is 15.2 Å². The number of carbonyl (C=O) groups is 1. The Labute approximate surface area is 189 Å². The van der Waals surface area contributed by atoms with E-state index in [4.69, 9.17) is 10.7 Å². The van der Waals surface area contributed by atoms with Crippen molar-refractivity contribution < 1.29 is 4.79 Å². The smallest absolute Gasteiger partial charge is 0.328 e. The molecule has 8 nitrogen and oxygen atoms in total. The lowest BCUT2D eigenvalue weighted by Gasteiger charge is -2.24. The van der Waals surface area contributed by atoms with Gasteiger partial charge in [-0.15, -0.1) is 0 Å². The molecule has 3 rings (SSSR count). The average Bonchev–Trinajstić information content (AvgIpc) is 2.80. The van der Waals surface area contributed by atoms with E-state index in [0.29, 0.717) is 23.9 Å². The van der Waals surface area contributed by atoms with E-state index in [2.05, 4.69) is 28.3 Å². The molecule has 3 N–H and O–H groups in total. The van der Waals surface area contributed by atoms with Crippen molar-refractivity contribution in [2.45, 2.75) is 32.6 Å². The van der Waals surface area contributed by atoms with Crippen molar-refractivity contribution in [3.05, 3.63) is 55.0 Å². The quantitative estimate of drug-likeness (QED) is 0.470. The summed E-state index contributed by atoms with van der Waals surface area (Å²) in [5.41, 5.74) is 9.51. The molecule has 0 saturated heterocycles. The second-order valence-electron chi connectivity index (χ2n) is 7.79. The lowest BCUT2D eigenvalue weighted by Crippen LogP contribution is -2.37. The van der Waals surface area contributed by atoms with E-state index in [1.165, 1.54) is 12.4 Å². The van der Waals surface area contributed by atoms with Crippen molar-refractivity contribution in [1.29, 1.82) is 0 Å². The number of nitrogen functional groups attached to an aromatic ring is 1. The molecule has 0 atom stereocenters. The summed E-state index contributed by atoms with van der Waals surface area (Å²) in [4.78, 5) is 29.7. The molecule has 0 radical (unpaired) electrons. The number of hydrogen-bond donors (Lipinski definition) is 2. The standard InChI is InChI=1S/C24H31N7O/c1-4-5-6-7-15-31(24(32)29-22-17-26-13-14-27-22)23-20(25)11-12-21(28-23)18-9-8-10-19(16-18)30(2)3/h8-14,16-17H,4-7,15,25H2,1-3H3,(H,27,29,32). The van der Waals surface area contributed by atoms with Gasteiger partial charge in [0.2, 0.25) is 0 Å². The topological polar surface area (TPSA) is 100 Å². The number of anilines is 4. The normalized spacial score (nSPS) is 10.6. The Morgan fingerprint density at radius 2 is 1.94 bits per heavy atom. The number of aromatic nitrogens is 3. The minimum absolute atomic E-state index is 0.333. The number of rotatable bonds is 9. The zero-order valence-corrected chi connectivity index (χ0v) is 19.0. The molecule has 0 aliphatic carbocycles. The molecule has 168 valence electrons. The highest BCUT2D eigenvalue weighted by Gasteiger charge is 2.21. The van der Waals surface area contributed by atoms with Crippen molar-refractivity contribution in [2.24, 2.45) is 0 Å². The third-order valence-electron chi connectivity index (χ3n) is 5.10.